The average molecular weight is 234 g/mol. The molecule has 1 fully saturated rings. The Bertz CT molecular complexity index is 345. The van der Waals surface area contributed by atoms with Crippen LogP contribution < -0.4 is 5.32 Å². The fourth-order valence-corrected chi connectivity index (χ4v) is 2.27. The Morgan fingerprint density at radius 3 is 2.71 bits per heavy atom. The van der Waals surface area contributed by atoms with Crippen molar-refractivity contribution in [1.29, 1.82) is 0 Å². The van der Waals surface area contributed by atoms with Gasteiger partial charge in [0.25, 0.3) is 0 Å². The van der Waals surface area contributed by atoms with Gasteiger partial charge in [0.2, 0.25) is 0 Å². The minimum atomic E-state index is 0.567. The van der Waals surface area contributed by atoms with Crippen molar-refractivity contribution in [2.75, 3.05) is 25.0 Å². The van der Waals surface area contributed by atoms with Gasteiger partial charge in [-0.25, -0.2) is 9.97 Å². The van der Waals surface area contributed by atoms with Crippen LogP contribution in [0.15, 0.2) is 12.4 Å². The van der Waals surface area contributed by atoms with Gasteiger partial charge in [-0.05, 0) is 25.8 Å². The number of likely N-dealkylation sites (tertiary alicyclic amines) is 1. The van der Waals surface area contributed by atoms with Crippen LogP contribution in [0, 0.1) is 0 Å². The molecular formula is C13H22N4. The molecule has 1 aliphatic rings. The molecule has 0 atom stereocenters. The van der Waals surface area contributed by atoms with Gasteiger partial charge >= 0.3 is 0 Å². The predicted molar refractivity (Wildman–Crippen MR) is 70.2 cm³/mol. The molecule has 0 aromatic carbocycles. The normalized spacial score (nSPS) is 18.2. The van der Waals surface area contributed by atoms with Crippen LogP contribution in [0.4, 0.5) is 5.82 Å². The van der Waals surface area contributed by atoms with Crippen molar-refractivity contribution < 1.29 is 0 Å². The van der Waals surface area contributed by atoms with E-state index in [2.05, 4.69) is 40.1 Å². The molecular weight excluding hydrogens is 212 g/mol. The Morgan fingerprint density at radius 2 is 2.06 bits per heavy atom. The fraction of sp³-hybridized carbons (Fsp3) is 0.692. The van der Waals surface area contributed by atoms with Gasteiger partial charge in [-0.1, -0.05) is 13.8 Å². The number of nitrogens with zero attached hydrogens (tertiary/aromatic N) is 3. The van der Waals surface area contributed by atoms with Gasteiger partial charge in [-0.3, -0.25) is 0 Å². The zero-order valence-electron chi connectivity index (χ0n) is 10.8. The largest absolute Gasteiger partial charge is 0.367 e. The number of anilines is 1. The summed E-state index contributed by atoms with van der Waals surface area (Å²) in [5.74, 6) is 0.979. The zero-order chi connectivity index (χ0) is 12.1. The third-order valence-corrected chi connectivity index (χ3v) is 3.47. The van der Waals surface area contributed by atoms with Crippen LogP contribution in [0.2, 0.25) is 0 Å². The topological polar surface area (TPSA) is 41.0 Å². The highest BCUT2D eigenvalue weighted by Gasteiger charge is 2.17. The second kappa shape index (κ2) is 5.96. The second-order valence-electron chi connectivity index (χ2n) is 4.60. The minimum Gasteiger partial charge on any atom is -0.367 e. The summed E-state index contributed by atoms with van der Waals surface area (Å²) in [6.07, 6.45) is 5.03. The van der Waals surface area contributed by atoms with Gasteiger partial charge in [-0.15, -0.1) is 0 Å². The van der Waals surface area contributed by atoms with E-state index in [9.17, 15) is 0 Å². The van der Waals surface area contributed by atoms with Crippen LogP contribution in [0.1, 0.15) is 32.4 Å². The molecule has 17 heavy (non-hydrogen) atoms. The number of hydrogen-bond donors (Lipinski definition) is 1. The minimum absolute atomic E-state index is 0.567. The van der Waals surface area contributed by atoms with Crippen molar-refractivity contribution in [3.8, 4) is 0 Å². The third-order valence-electron chi connectivity index (χ3n) is 3.47. The summed E-state index contributed by atoms with van der Waals surface area (Å²) in [4.78, 5) is 11.0. The summed E-state index contributed by atoms with van der Waals surface area (Å²) in [5, 5.41) is 3.52. The lowest BCUT2D eigenvalue weighted by Gasteiger charge is -2.31. The first-order valence-corrected chi connectivity index (χ1v) is 6.61. The van der Waals surface area contributed by atoms with Gasteiger partial charge < -0.3 is 10.2 Å². The summed E-state index contributed by atoms with van der Waals surface area (Å²) in [5.41, 5.74) is 1.11. The Hall–Kier alpha value is -1.16. The van der Waals surface area contributed by atoms with Crippen molar-refractivity contribution in [3.63, 3.8) is 0 Å². The van der Waals surface area contributed by atoms with E-state index in [4.69, 9.17) is 0 Å². The number of nitrogens with one attached hydrogen (secondary N) is 1. The first-order valence-electron chi connectivity index (χ1n) is 6.61. The molecule has 2 heterocycles. The van der Waals surface area contributed by atoms with Crippen LogP contribution in [0.3, 0.4) is 0 Å². The van der Waals surface area contributed by atoms with E-state index >= 15 is 0 Å². The summed E-state index contributed by atoms with van der Waals surface area (Å²) < 4.78 is 0. The molecule has 1 aromatic heterocycles. The number of hydrogen-bond acceptors (Lipinski definition) is 4. The summed E-state index contributed by atoms with van der Waals surface area (Å²) >= 11 is 0. The third kappa shape index (κ3) is 3.40. The first kappa shape index (κ1) is 12.3. The SMILES string of the molecule is CCc1cc(NC2CCN(CC)CC2)ncn1. The van der Waals surface area contributed by atoms with Crippen LogP contribution in [-0.4, -0.2) is 40.5 Å². The lowest BCUT2D eigenvalue weighted by Crippen LogP contribution is -2.39. The molecule has 1 aromatic rings. The maximum atomic E-state index is 4.28. The molecule has 0 amide bonds. The van der Waals surface area contributed by atoms with Gasteiger partial charge in [-0.2, -0.15) is 0 Å². The van der Waals surface area contributed by atoms with E-state index in [1.807, 2.05) is 0 Å². The molecule has 0 aliphatic carbocycles. The lowest BCUT2D eigenvalue weighted by atomic mass is 10.1. The number of rotatable bonds is 4. The number of aromatic nitrogens is 2. The predicted octanol–water partition coefficient (Wildman–Crippen LogP) is 1.94. The first-order chi connectivity index (χ1) is 8.31. The van der Waals surface area contributed by atoms with Crippen molar-refractivity contribution in [2.24, 2.45) is 0 Å². The molecule has 0 spiro atoms. The van der Waals surface area contributed by atoms with Crippen molar-refractivity contribution in [1.82, 2.24) is 14.9 Å². The average Bonchev–Trinajstić information content (AvgIpc) is 2.40. The van der Waals surface area contributed by atoms with Gasteiger partial charge in [0.05, 0.1) is 0 Å². The highest BCUT2D eigenvalue weighted by atomic mass is 15.1. The quantitative estimate of drug-likeness (QED) is 0.864. The molecule has 1 saturated heterocycles. The van der Waals surface area contributed by atoms with Crippen LogP contribution >= 0.6 is 0 Å². The van der Waals surface area contributed by atoms with E-state index in [0.29, 0.717) is 6.04 Å². The Labute approximate surface area is 103 Å². The van der Waals surface area contributed by atoms with Crippen LogP contribution in [-0.2, 0) is 6.42 Å². The number of aryl methyl sites for hydroxylation is 1. The highest BCUT2D eigenvalue weighted by Crippen LogP contribution is 2.15. The summed E-state index contributed by atoms with van der Waals surface area (Å²) in [7, 11) is 0. The summed E-state index contributed by atoms with van der Waals surface area (Å²) in [6, 6.07) is 2.63. The van der Waals surface area contributed by atoms with E-state index in [0.717, 1.165) is 17.9 Å². The van der Waals surface area contributed by atoms with Crippen molar-refractivity contribution in [2.45, 2.75) is 39.2 Å². The Morgan fingerprint density at radius 1 is 1.29 bits per heavy atom. The zero-order valence-corrected chi connectivity index (χ0v) is 10.8. The molecule has 0 radical (unpaired) electrons. The highest BCUT2D eigenvalue weighted by molar-refractivity contribution is 5.36. The smallest absolute Gasteiger partial charge is 0.129 e. The van der Waals surface area contributed by atoms with Gasteiger partial charge in [0.1, 0.15) is 12.1 Å². The molecule has 2 rings (SSSR count). The lowest BCUT2D eigenvalue weighted by molar-refractivity contribution is 0.229. The molecule has 0 bridgehead atoms. The standard InChI is InChI=1S/C13H22N4/c1-3-11-9-13(15-10-14-11)16-12-5-7-17(4-2)8-6-12/h9-10,12H,3-8H2,1-2H3,(H,14,15,16). The second-order valence-corrected chi connectivity index (χ2v) is 4.60. The van der Waals surface area contributed by atoms with Gasteiger partial charge in [0.15, 0.2) is 0 Å². The monoisotopic (exact) mass is 234 g/mol. The molecule has 1 aliphatic heterocycles. The Balaban J connectivity index is 1.88. The fourth-order valence-electron chi connectivity index (χ4n) is 2.27. The van der Waals surface area contributed by atoms with E-state index in [-0.39, 0.29) is 0 Å². The van der Waals surface area contributed by atoms with Crippen LogP contribution in [0.25, 0.3) is 0 Å². The maximum Gasteiger partial charge on any atom is 0.129 e. The van der Waals surface area contributed by atoms with Crippen molar-refractivity contribution in [3.05, 3.63) is 18.1 Å². The number of piperidine rings is 1. The van der Waals surface area contributed by atoms with E-state index < -0.39 is 0 Å². The Kier molecular flexibility index (Phi) is 4.31. The molecule has 0 unspecified atom stereocenters. The van der Waals surface area contributed by atoms with Crippen molar-refractivity contribution >= 4 is 5.82 Å². The van der Waals surface area contributed by atoms with Gasteiger partial charge in [0, 0.05) is 30.9 Å². The van der Waals surface area contributed by atoms with E-state index in [1.165, 1.54) is 32.5 Å². The molecule has 4 heteroatoms. The molecule has 1 N–H and O–H groups in total. The van der Waals surface area contributed by atoms with Crippen LogP contribution in [0.5, 0.6) is 0 Å². The molecule has 94 valence electrons. The molecule has 4 nitrogen and oxygen atoms in total. The molecule has 0 saturated carbocycles. The maximum absolute atomic E-state index is 4.28. The van der Waals surface area contributed by atoms with E-state index in [1.54, 1.807) is 6.33 Å². The summed E-state index contributed by atoms with van der Waals surface area (Å²) in [6.45, 7) is 7.90.